The maximum absolute atomic E-state index is 5.89. The maximum Gasteiger partial charge on any atom is 0.119 e. The topological polar surface area (TPSA) is 25.0 Å². The summed E-state index contributed by atoms with van der Waals surface area (Å²) in [5.41, 5.74) is 6.35. The first-order valence-corrected chi connectivity index (χ1v) is 10.4. The van der Waals surface area contributed by atoms with Gasteiger partial charge in [0.2, 0.25) is 0 Å². The fourth-order valence-electron chi connectivity index (χ4n) is 3.77. The van der Waals surface area contributed by atoms with Gasteiger partial charge >= 0.3 is 0 Å². The molecule has 0 radical (unpaired) electrons. The second-order valence-corrected chi connectivity index (χ2v) is 7.80. The Hall–Kier alpha value is -2.62. The summed E-state index contributed by atoms with van der Waals surface area (Å²) < 4.78 is 11.6. The summed E-state index contributed by atoms with van der Waals surface area (Å²) >= 11 is 0. The van der Waals surface area contributed by atoms with Crippen LogP contribution in [0.5, 0.6) is 5.75 Å². The van der Waals surface area contributed by atoms with Gasteiger partial charge in [0.25, 0.3) is 0 Å². The third-order valence-electron chi connectivity index (χ3n) is 5.39. The highest BCUT2D eigenvalue weighted by atomic mass is 16.6. The lowest BCUT2D eigenvalue weighted by molar-refractivity contribution is 0.261. The fourth-order valence-corrected chi connectivity index (χ4v) is 3.77. The molecule has 1 aliphatic carbocycles. The second-order valence-electron chi connectivity index (χ2n) is 7.80. The Kier molecular flexibility index (Phi) is 5.98. The molecule has 29 heavy (non-hydrogen) atoms. The molecule has 1 aliphatic heterocycles. The molecule has 2 aromatic rings. The molecular formula is C26H29NO2. The summed E-state index contributed by atoms with van der Waals surface area (Å²) in [6, 6.07) is 19.2. The zero-order chi connectivity index (χ0) is 20.2. The summed E-state index contributed by atoms with van der Waals surface area (Å²) in [7, 11) is 4.11. The van der Waals surface area contributed by atoms with Crippen LogP contribution in [0.4, 0.5) is 0 Å². The third kappa shape index (κ3) is 4.69. The van der Waals surface area contributed by atoms with Crippen LogP contribution in [-0.4, -0.2) is 44.4 Å². The van der Waals surface area contributed by atoms with E-state index in [1.807, 2.05) is 0 Å². The van der Waals surface area contributed by atoms with Gasteiger partial charge in [0, 0.05) is 6.54 Å². The van der Waals surface area contributed by atoms with Crippen LogP contribution in [-0.2, 0) is 4.74 Å². The van der Waals surface area contributed by atoms with E-state index in [1.54, 1.807) is 0 Å². The van der Waals surface area contributed by atoms with E-state index in [2.05, 4.69) is 98.7 Å². The van der Waals surface area contributed by atoms with Gasteiger partial charge in [-0.2, -0.15) is 0 Å². The average molecular weight is 388 g/mol. The molecule has 2 aromatic carbocycles. The van der Waals surface area contributed by atoms with Crippen LogP contribution < -0.4 is 4.74 Å². The lowest BCUT2D eigenvalue weighted by Gasteiger charge is -2.18. The minimum atomic E-state index is 0.229. The summed E-state index contributed by atoms with van der Waals surface area (Å²) in [6.07, 6.45) is 8.11. The molecule has 0 amide bonds. The largest absolute Gasteiger partial charge is 0.492 e. The van der Waals surface area contributed by atoms with Gasteiger partial charge in [0.1, 0.15) is 24.6 Å². The molecule has 0 N–H and O–H groups in total. The number of fused-ring (bicyclic) bond motifs is 1. The first-order valence-electron chi connectivity index (χ1n) is 10.4. The maximum atomic E-state index is 5.89. The van der Waals surface area contributed by atoms with Crippen LogP contribution in [0.25, 0.3) is 11.1 Å². The van der Waals surface area contributed by atoms with Crippen molar-refractivity contribution < 1.29 is 9.47 Å². The van der Waals surface area contributed by atoms with Crippen LogP contribution in [0, 0.1) is 0 Å². The number of rotatable bonds is 8. The standard InChI is InChI=1S/C26H29NO2/c1-4-23(19-8-6-5-7-9-19)26(21-12-15-24-25(18-21)29-24)20-10-13-22(14-11-20)28-17-16-27(2)3/h5-15,18,24-25H,4,16-17H2,1-3H3. The van der Waals surface area contributed by atoms with Crippen molar-refractivity contribution >= 4 is 11.1 Å². The van der Waals surface area contributed by atoms with Crippen LogP contribution >= 0.6 is 0 Å². The molecule has 1 fully saturated rings. The highest BCUT2D eigenvalue weighted by Crippen LogP contribution is 2.40. The number of ether oxygens (including phenoxy) is 2. The molecule has 1 heterocycles. The van der Waals surface area contributed by atoms with Crippen molar-refractivity contribution in [2.75, 3.05) is 27.2 Å². The number of hydrogen-bond donors (Lipinski definition) is 0. The first-order chi connectivity index (χ1) is 14.2. The van der Waals surface area contributed by atoms with Crippen molar-refractivity contribution in [3.05, 3.63) is 89.5 Å². The van der Waals surface area contributed by atoms with E-state index in [1.165, 1.54) is 27.8 Å². The van der Waals surface area contributed by atoms with Crippen molar-refractivity contribution in [2.24, 2.45) is 0 Å². The summed E-state index contributed by atoms with van der Waals surface area (Å²) in [5, 5.41) is 0. The summed E-state index contributed by atoms with van der Waals surface area (Å²) in [5.74, 6) is 0.909. The number of benzene rings is 2. The third-order valence-corrected chi connectivity index (χ3v) is 5.39. The van der Waals surface area contributed by atoms with Gasteiger partial charge in [-0.15, -0.1) is 0 Å². The molecule has 1 saturated heterocycles. The average Bonchev–Trinajstić information content (AvgIpc) is 3.52. The Bertz CT molecular complexity index is 923. The van der Waals surface area contributed by atoms with Crippen LogP contribution in [0.1, 0.15) is 24.5 Å². The predicted octanol–water partition coefficient (Wildman–Crippen LogP) is 5.21. The van der Waals surface area contributed by atoms with Gasteiger partial charge in [-0.3, -0.25) is 0 Å². The monoisotopic (exact) mass is 387 g/mol. The fraction of sp³-hybridized carbons (Fsp3) is 0.308. The van der Waals surface area contributed by atoms with Gasteiger partial charge < -0.3 is 14.4 Å². The highest BCUT2D eigenvalue weighted by molar-refractivity contribution is 6.00. The Morgan fingerprint density at radius 2 is 1.72 bits per heavy atom. The Labute approximate surface area is 174 Å². The number of likely N-dealkylation sites (N-methyl/N-ethyl adjacent to an activating group) is 1. The van der Waals surface area contributed by atoms with E-state index < -0.39 is 0 Å². The van der Waals surface area contributed by atoms with Gasteiger partial charge in [-0.1, -0.05) is 61.5 Å². The van der Waals surface area contributed by atoms with Crippen LogP contribution in [0.15, 0.2) is 78.4 Å². The quantitative estimate of drug-likeness (QED) is 0.459. The molecule has 4 rings (SSSR count). The minimum absolute atomic E-state index is 0.229. The SMILES string of the molecule is CCC(=C(C1=CC2OC2C=C1)c1ccc(OCCN(C)C)cc1)c1ccccc1. The number of allylic oxidation sites excluding steroid dienone is 4. The molecule has 2 aliphatic rings. The summed E-state index contributed by atoms with van der Waals surface area (Å²) in [4.78, 5) is 2.12. The molecule has 3 heteroatoms. The lowest BCUT2D eigenvalue weighted by Crippen LogP contribution is -2.19. The van der Waals surface area contributed by atoms with Gasteiger partial charge in [-0.25, -0.2) is 0 Å². The summed E-state index contributed by atoms with van der Waals surface area (Å²) in [6.45, 7) is 3.82. The zero-order valence-electron chi connectivity index (χ0n) is 17.5. The van der Waals surface area contributed by atoms with Crippen molar-refractivity contribution in [3.63, 3.8) is 0 Å². The van der Waals surface area contributed by atoms with E-state index in [-0.39, 0.29) is 12.2 Å². The molecule has 0 aromatic heterocycles. The van der Waals surface area contributed by atoms with Gasteiger partial charge in [-0.05, 0) is 66.6 Å². The van der Waals surface area contributed by atoms with Crippen molar-refractivity contribution in [1.29, 1.82) is 0 Å². The molecule has 2 unspecified atom stereocenters. The normalized spacial score (nSPS) is 20.8. The molecule has 2 atom stereocenters. The van der Waals surface area contributed by atoms with E-state index in [0.717, 1.165) is 18.7 Å². The molecule has 150 valence electrons. The highest BCUT2D eigenvalue weighted by Gasteiger charge is 2.37. The van der Waals surface area contributed by atoms with Gasteiger partial charge in [0.15, 0.2) is 0 Å². The Morgan fingerprint density at radius 3 is 2.38 bits per heavy atom. The number of nitrogens with zero attached hydrogens (tertiary/aromatic N) is 1. The number of epoxide rings is 1. The van der Waals surface area contributed by atoms with Crippen molar-refractivity contribution in [2.45, 2.75) is 25.6 Å². The van der Waals surface area contributed by atoms with Crippen molar-refractivity contribution in [3.8, 4) is 5.75 Å². The molecule has 0 spiro atoms. The second kappa shape index (κ2) is 8.81. The number of hydrogen-bond acceptors (Lipinski definition) is 3. The molecule has 3 nitrogen and oxygen atoms in total. The molecular weight excluding hydrogens is 358 g/mol. The van der Waals surface area contributed by atoms with E-state index in [9.17, 15) is 0 Å². The predicted molar refractivity (Wildman–Crippen MR) is 120 cm³/mol. The lowest BCUT2D eigenvalue weighted by atomic mass is 9.86. The van der Waals surface area contributed by atoms with Crippen LogP contribution in [0.2, 0.25) is 0 Å². The van der Waals surface area contributed by atoms with E-state index >= 15 is 0 Å². The Balaban J connectivity index is 1.69. The molecule has 0 bridgehead atoms. The van der Waals surface area contributed by atoms with Crippen molar-refractivity contribution in [1.82, 2.24) is 4.90 Å². The smallest absolute Gasteiger partial charge is 0.119 e. The van der Waals surface area contributed by atoms with E-state index in [4.69, 9.17) is 9.47 Å². The van der Waals surface area contributed by atoms with Gasteiger partial charge in [0.05, 0.1) is 0 Å². The minimum Gasteiger partial charge on any atom is -0.492 e. The molecule has 0 saturated carbocycles. The zero-order valence-corrected chi connectivity index (χ0v) is 17.5. The first kappa shape index (κ1) is 19.7. The van der Waals surface area contributed by atoms with E-state index in [0.29, 0.717) is 6.61 Å². The van der Waals surface area contributed by atoms with Crippen LogP contribution in [0.3, 0.4) is 0 Å². The Morgan fingerprint density at radius 1 is 0.966 bits per heavy atom.